The molecule has 0 saturated heterocycles. The zero-order valence-electron chi connectivity index (χ0n) is 15.5. The van der Waals surface area contributed by atoms with Gasteiger partial charge < -0.3 is 20.1 Å². The van der Waals surface area contributed by atoms with Gasteiger partial charge in [0.1, 0.15) is 5.75 Å². The van der Waals surface area contributed by atoms with Gasteiger partial charge in [0.15, 0.2) is 0 Å². The minimum atomic E-state index is -0.958. The van der Waals surface area contributed by atoms with E-state index in [-0.39, 0.29) is 17.6 Å². The summed E-state index contributed by atoms with van der Waals surface area (Å²) < 4.78 is 5.27. The van der Waals surface area contributed by atoms with Gasteiger partial charge in [-0.2, -0.15) is 0 Å². The molecular weight excluding hydrogens is 344 g/mol. The van der Waals surface area contributed by atoms with Crippen molar-refractivity contribution in [3.05, 3.63) is 65.2 Å². The van der Waals surface area contributed by atoms with Crippen molar-refractivity contribution in [1.82, 2.24) is 10.2 Å². The maximum atomic E-state index is 12.4. The molecule has 0 radical (unpaired) electrons. The summed E-state index contributed by atoms with van der Waals surface area (Å²) in [5, 5.41) is 11.8. The van der Waals surface area contributed by atoms with Crippen molar-refractivity contribution < 1.29 is 19.4 Å². The fourth-order valence-electron chi connectivity index (χ4n) is 3.31. The van der Waals surface area contributed by atoms with E-state index >= 15 is 0 Å². The molecule has 1 aliphatic rings. The lowest BCUT2D eigenvalue weighted by molar-refractivity contribution is 0.0696. The van der Waals surface area contributed by atoms with Gasteiger partial charge in [-0.1, -0.05) is 24.3 Å². The Bertz CT molecular complexity index is 813. The van der Waals surface area contributed by atoms with E-state index in [0.717, 1.165) is 24.2 Å². The van der Waals surface area contributed by atoms with Gasteiger partial charge in [0.2, 0.25) is 0 Å². The largest absolute Gasteiger partial charge is 0.497 e. The standard InChI is InChI=1S/C21H24N2O4/c1-23(18-10-17(11-18)16-4-3-5-19(12-16)27-2)21(26)22-13-14-6-8-15(9-7-14)20(24)25/h3-9,12,17-18H,10-11,13H2,1-2H3,(H,22,26)(H,24,25). The molecule has 0 heterocycles. The number of carbonyl (C=O) groups excluding carboxylic acids is 1. The Balaban J connectivity index is 1.47. The maximum absolute atomic E-state index is 12.4. The number of carbonyl (C=O) groups is 2. The highest BCUT2D eigenvalue weighted by molar-refractivity contribution is 5.87. The summed E-state index contributed by atoms with van der Waals surface area (Å²) in [6.07, 6.45) is 1.87. The quantitative estimate of drug-likeness (QED) is 0.818. The number of ether oxygens (including phenoxy) is 1. The summed E-state index contributed by atoms with van der Waals surface area (Å²) in [6, 6.07) is 14.7. The van der Waals surface area contributed by atoms with Crippen LogP contribution in [0.1, 0.15) is 40.2 Å². The van der Waals surface area contributed by atoms with Crippen LogP contribution in [-0.4, -0.2) is 42.2 Å². The first-order valence-electron chi connectivity index (χ1n) is 8.94. The number of nitrogens with zero attached hydrogens (tertiary/aromatic N) is 1. The number of carboxylic acids is 1. The van der Waals surface area contributed by atoms with E-state index in [1.165, 1.54) is 17.7 Å². The monoisotopic (exact) mass is 368 g/mol. The average molecular weight is 368 g/mol. The summed E-state index contributed by atoms with van der Waals surface area (Å²) >= 11 is 0. The highest BCUT2D eigenvalue weighted by Crippen LogP contribution is 2.40. The SMILES string of the molecule is COc1cccc(C2CC(N(C)C(=O)NCc3ccc(C(=O)O)cc3)C2)c1. The topological polar surface area (TPSA) is 78.9 Å². The minimum Gasteiger partial charge on any atom is -0.497 e. The van der Waals surface area contributed by atoms with Gasteiger partial charge in [0.25, 0.3) is 0 Å². The first-order chi connectivity index (χ1) is 13.0. The van der Waals surface area contributed by atoms with Crippen LogP contribution in [0.25, 0.3) is 0 Å². The number of urea groups is 1. The fourth-order valence-corrected chi connectivity index (χ4v) is 3.31. The van der Waals surface area contributed by atoms with Crippen LogP contribution in [0.15, 0.2) is 48.5 Å². The summed E-state index contributed by atoms with van der Waals surface area (Å²) in [6.45, 7) is 0.370. The third kappa shape index (κ3) is 4.39. The molecule has 27 heavy (non-hydrogen) atoms. The lowest BCUT2D eigenvalue weighted by Gasteiger charge is -2.41. The van der Waals surface area contributed by atoms with Crippen molar-refractivity contribution >= 4 is 12.0 Å². The van der Waals surface area contributed by atoms with E-state index in [9.17, 15) is 9.59 Å². The van der Waals surface area contributed by atoms with E-state index in [0.29, 0.717) is 12.5 Å². The molecule has 0 aromatic heterocycles. The second-order valence-corrected chi connectivity index (χ2v) is 6.87. The van der Waals surface area contributed by atoms with Crippen LogP contribution in [0, 0.1) is 0 Å². The first kappa shape index (κ1) is 18.8. The second-order valence-electron chi connectivity index (χ2n) is 6.87. The van der Waals surface area contributed by atoms with Crippen LogP contribution < -0.4 is 10.1 Å². The van der Waals surface area contributed by atoms with E-state index < -0.39 is 5.97 Å². The van der Waals surface area contributed by atoms with Crippen LogP contribution in [0.2, 0.25) is 0 Å². The zero-order valence-corrected chi connectivity index (χ0v) is 15.5. The third-order valence-corrected chi connectivity index (χ3v) is 5.19. The van der Waals surface area contributed by atoms with Crippen molar-refractivity contribution in [2.75, 3.05) is 14.2 Å². The van der Waals surface area contributed by atoms with Gasteiger partial charge in [-0.05, 0) is 54.2 Å². The van der Waals surface area contributed by atoms with Crippen LogP contribution in [0.4, 0.5) is 4.79 Å². The van der Waals surface area contributed by atoms with Crippen molar-refractivity contribution in [2.24, 2.45) is 0 Å². The van der Waals surface area contributed by atoms with Crippen LogP contribution in [0.3, 0.4) is 0 Å². The molecule has 0 spiro atoms. The second kappa shape index (κ2) is 8.12. The zero-order chi connectivity index (χ0) is 19.4. The third-order valence-electron chi connectivity index (χ3n) is 5.19. The number of rotatable bonds is 6. The lowest BCUT2D eigenvalue weighted by atomic mass is 9.75. The maximum Gasteiger partial charge on any atom is 0.335 e. The number of nitrogens with one attached hydrogen (secondary N) is 1. The Kier molecular flexibility index (Phi) is 5.64. The number of methoxy groups -OCH3 is 1. The Hall–Kier alpha value is -3.02. The molecule has 1 aliphatic carbocycles. The van der Waals surface area contributed by atoms with E-state index in [1.807, 2.05) is 19.2 Å². The summed E-state index contributed by atoms with van der Waals surface area (Å²) in [5.41, 5.74) is 2.35. The predicted molar refractivity (Wildman–Crippen MR) is 102 cm³/mol. The van der Waals surface area contributed by atoms with Gasteiger partial charge in [0.05, 0.1) is 12.7 Å². The summed E-state index contributed by atoms with van der Waals surface area (Å²) in [5.74, 6) is 0.348. The number of hydrogen-bond acceptors (Lipinski definition) is 3. The van der Waals surface area contributed by atoms with E-state index in [1.54, 1.807) is 24.1 Å². The Labute approximate surface area is 158 Å². The highest BCUT2D eigenvalue weighted by atomic mass is 16.5. The highest BCUT2D eigenvalue weighted by Gasteiger charge is 2.35. The Morgan fingerprint density at radius 3 is 2.52 bits per heavy atom. The van der Waals surface area contributed by atoms with Crippen molar-refractivity contribution in [1.29, 1.82) is 0 Å². The number of carboxylic acid groups (broad SMARTS) is 1. The minimum absolute atomic E-state index is 0.119. The molecule has 2 amide bonds. The lowest BCUT2D eigenvalue weighted by Crippen LogP contribution is -2.48. The van der Waals surface area contributed by atoms with Gasteiger partial charge in [-0.25, -0.2) is 9.59 Å². The van der Waals surface area contributed by atoms with E-state index in [2.05, 4.69) is 17.4 Å². The van der Waals surface area contributed by atoms with Crippen LogP contribution >= 0.6 is 0 Å². The van der Waals surface area contributed by atoms with Gasteiger partial charge in [-0.15, -0.1) is 0 Å². The first-order valence-corrected chi connectivity index (χ1v) is 8.94. The van der Waals surface area contributed by atoms with Gasteiger partial charge in [-0.3, -0.25) is 0 Å². The van der Waals surface area contributed by atoms with Gasteiger partial charge >= 0.3 is 12.0 Å². The smallest absolute Gasteiger partial charge is 0.335 e. The molecule has 2 aromatic carbocycles. The predicted octanol–water partition coefficient (Wildman–Crippen LogP) is 3.48. The van der Waals surface area contributed by atoms with Crippen molar-refractivity contribution in [3.8, 4) is 5.75 Å². The molecule has 3 rings (SSSR count). The molecule has 2 aromatic rings. The molecule has 0 bridgehead atoms. The van der Waals surface area contributed by atoms with Crippen LogP contribution in [0.5, 0.6) is 5.75 Å². The molecule has 2 N–H and O–H groups in total. The molecule has 0 unspecified atom stereocenters. The molecule has 6 nitrogen and oxygen atoms in total. The molecule has 0 aliphatic heterocycles. The van der Waals surface area contributed by atoms with Crippen molar-refractivity contribution in [2.45, 2.75) is 31.3 Å². The molecule has 1 fully saturated rings. The van der Waals surface area contributed by atoms with Crippen molar-refractivity contribution in [3.63, 3.8) is 0 Å². The van der Waals surface area contributed by atoms with E-state index in [4.69, 9.17) is 9.84 Å². The summed E-state index contributed by atoms with van der Waals surface area (Å²) in [4.78, 5) is 25.0. The molecule has 6 heteroatoms. The Morgan fingerprint density at radius 1 is 1.19 bits per heavy atom. The average Bonchev–Trinajstić information content (AvgIpc) is 2.65. The molecular formula is C21H24N2O4. The molecule has 1 saturated carbocycles. The number of benzene rings is 2. The molecule has 142 valence electrons. The fraction of sp³-hybridized carbons (Fsp3) is 0.333. The number of hydrogen-bond donors (Lipinski definition) is 2. The van der Waals surface area contributed by atoms with Gasteiger partial charge in [0, 0.05) is 19.6 Å². The number of amides is 2. The summed E-state index contributed by atoms with van der Waals surface area (Å²) in [7, 11) is 3.48. The normalized spacial score (nSPS) is 18.3. The molecule has 0 atom stereocenters. The van der Waals surface area contributed by atoms with Crippen LogP contribution in [-0.2, 0) is 6.54 Å². The Morgan fingerprint density at radius 2 is 1.89 bits per heavy atom. The number of aromatic carboxylic acids is 1.